The number of benzene rings is 2. The number of halogens is 1. The second kappa shape index (κ2) is 7.45. The molecule has 0 amide bonds. The molecule has 0 aliphatic rings. The molecule has 2 aromatic rings. The summed E-state index contributed by atoms with van der Waals surface area (Å²) in [6, 6.07) is 15.2. The van der Waals surface area contributed by atoms with Crippen molar-refractivity contribution in [1.29, 1.82) is 0 Å². The Hall–Kier alpha value is -1.81. The molecule has 0 saturated heterocycles. The number of rotatable bonds is 6. The van der Waals surface area contributed by atoms with Crippen LogP contribution in [0, 0.1) is 0 Å². The predicted octanol–water partition coefficient (Wildman–Crippen LogP) is 4.65. The van der Waals surface area contributed by atoms with Gasteiger partial charge in [0.05, 0.1) is 0 Å². The van der Waals surface area contributed by atoms with Crippen LogP contribution in [-0.2, 0) is 11.2 Å². The van der Waals surface area contributed by atoms with Crippen LogP contribution < -0.4 is 4.74 Å². The Morgan fingerprint density at radius 2 is 1.91 bits per heavy atom. The van der Waals surface area contributed by atoms with Crippen molar-refractivity contribution in [3.63, 3.8) is 0 Å². The fourth-order valence-electron chi connectivity index (χ4n) is 2.28. The summed E-state index contributed by atoms with van der Waals surface area (Å²) < 4.78 is 6.72. The van der Waals surface area contributed by atoms with Gasteiger partial charge in [0, 0.05) is 10.9 Å². The zero-order valence-electron chi connectivity index (χ0n) is 12.6. The van der Waals surface area contributed by atoms with Crippen molar-refractivity contribution >= 4 is 21.9 Å². The molecule has 0 saturated carbocycles. The minimum atomic E-state index is -0.960. The van der Waals surface area contributed by atoms with Gasteiger partial charge in [-0.2, -0.15) is 0 Å². The van der Waals surface area contributed by atoms with E-state index in [-0.39, 0.29) is 5.92 Å². The third kappa shape index (κ3) is 4.34. The van der Waals surface area contributed by atoms with Crippen LogP contribution in [0.4, 0.5) is 0 Å². The lowest BCUT2D eigenvalue weighted by Gasteiger charge is -2.19. The van der Waals surface area contributed by atoms with Crippen molar-refractivity contribution in [3.05, 3.63) is 64.1 Å². The van der Waals surface area contributed by atoms with E-state index in [9.17, 15) is 9.90 Å². The molecule has 116 valence electrons. The van der Waals surface area contributed by atoms with Crippen molar-refractivity contribution in [1.82, 2.24) is 0 Å². The zero-order chi connectivity index (χ0) is 16.1. The smallest absolute Gasteiger partial charge is 0.345 e. The van der Waals surface area contributed by atoms with Crippen LogP contribution in [0.2, 0.25) is 0 Å². The van der Waals surface area contributed by atoms with Crippen molar-refractivity contribution < 1.29 is 14.6 Å². The number of carboxylic acids is 1. The Morgan fingerprint density at radius 3 is 2.55 bits per heavy atom. The van der Waals surface area contributed by atoms with Gasteiger partial charge in [0.2, 0.25) is 0 Å². The molecular formula is C18H19BrO3. The summed E-state index contributed by atoms with van der Waals surface area (Å²) in [5, 5.41) is 9.46. The summed E-state index contributed by atoms with van der Waals surface area (Å²) in [4.78, 5) is 11.5. The summed E-state index contributed by atoms with van der Waals surface area (Å²) >= 11 is 3.40. The van der Waals surface area contributed by atoms with Gasteiger partial charge in [-0.1, -0.05) is 60.1 Å². The molecule has 0 unspecified atom stereocenters. The molecule has 0 radical (unpaired) electrons. The molecule has 4 heteroatoms. The highest BCUT2D eigenvalue weighted by Gasteiger charge is 2.22. The van der Waals surface area contributed by atoms with E-state index in [0.717, 1.165) is 15.6 Å². The average molecular weight is 363 g/mol. The first-order valence-corrected chi connectivity index (χ1v) is 7.99. The van der Waals surface area contributed by atoms with E-state index >= 15 is 0 Å². The van der Waals surface area contributed by atoms with E-state index in [1.54, 1.807) is 0 Å². The molecular weight excluding hydrogens is 344 g/mol. The average Bonchev–Trinajstić information content (AvgIpc) is 2.47. The highest BCUT2D eigenvalue weighted by atomic mass is 79.9. The van der Waals surface area contributed by atoms with E-state index in [0.29, 0.717) is 12.2 Å². The predicted molar refractivity (Wildman–Crippen MR) is 90.4 cm³/mol. The van der Waals surface area contributed by atoms with Crippen LogP contribution in [0.15, 0.2) is 53.0 Å². The van der Waals surface area contributed by atoms with Crippen molar-refractivity contribution in [2.24, 2.45) is 0 Å². The monoisotopic (exact) mass is 362 g/mol. The van der Waals surface area contributed by atoms with Crippen LogP contribution in [0.3, 0.4) is 0 Å². The molecule has 22 heavy (non-hydrogen) atoms. The number of aliphatic carboxylic acids is 1. The van der Waals surface area contributed by atoms with E-state index in [2.05, 4.69) is 29.8 Å². The van der Waals surface area contributed by atoms with Gasteiger partial charge in [-0.25, -0.2) is 4.79 Å². The normalized spacial score (nSPS) is 12.2. The maximum absolute atomic E-state index is 11.5. The maximum Gasteiger partial charge on any atom is 0.345 e. The van der Waals surface area contributed by atoms with Crippen molar-refractivity contribution in [2.45, 2.75) is 32.3 Å². The molecule has 3 nitrogen and oxygen atoms in total. The summed E-state index contributed by atoms with van der Waals surface area (Å²) in [6.45, 7) is 4.12. The Bertz CT molecular complexity index is 652. The van der Waals surface area contributed by atoms with Crippen LogP contribution in [-0.4, -0.2) is 17.2 Å². The quantitative estimate of drug-likeness (QED) is 0.813. The summed E-state index contributed by atoms with van der Waals surface area (Å²) in [5.41, 5.74) is 1.94. The highest BCUT2D eigenvalue weighted by Crippen LogP contribution is 2.27. The Morgan fingerprint density at radius 1 is 1.18 bits per heavy atom. The molecule has 0 aliphatic carbocycles. The third-order valence-electron chi connectivity index (χ3n) is 3.40. The standard InChI is InChI=1S/C18H19BrO3/c1-12(2)15-8-3-4-9-16(15)22-17(18(20)21)11-13-6-5-7-14(19)10-13/h3-10,12,17H,11H2,1-2H3,(H,20,21)/t17-/m0/s1. The first-order chi connectivity index (χ1) is 10.5. The van der Waals surface area contributed by atoms with Crippen molar-refractivity contribution in [3.8, 4) is 5.75 Å². The second-order valence-corrected chi connectivity index (χ2v) is 6.39. The van der Waals surface area contributed by atoms with E-state index in [1.807, 2.05) is 48.5 Å². The van der Waals surface area contributed by atoms with Gasteiger partial charge < -0.3 is 9.84 Å². The molecule has 1 atom stereocenters. The number of ether oxygens (including phenoxy) is 1. The lowest BCUT2D eigenvalue weighted by molar-refractivity contribution is -0.145. The first-order valence-electron chi connectivity index (χ1n) is 7.20. The fraction of sp³-hybridized carbons (Fsp3) is 0.278. The highest BCUT2D eigenvalue weighted by molar-refractivity contribution is 9.10. The Kier molecular flexibility index (Phi) is 5.61. The molecule has 0 bridgehead atoms. The number of hydrogen-bond donors (Lipinski definition) is 1. The van der Waals surface area contributed by atoms with Gasteiger partial charge in [0.15, 0.2) is 6.10 Å². The molecule has 0 heterocycles. The molecule has 1 N–H and O–H groups in total. The van der Waals surface area contributed by atoms with Gasteiger partial charge in [-0.3, -0.25) is 0 Å². The van der Waals surface area contributed by atoms with Crippen molar-refractivity contribution in [2.75, 3.05) is 0 Å². The fourth-order valence-corrected chi connectivity index (χ4v) is 2.72. The number of carbonyl (C=O) groups is 1. The summed E-state index contributed by atoms with van der Waals surface area (Å²) in [7, 11) is 0. The Balaban J connectivity index is 2.21. The van der Waals surface area contributed by atoms with E-state index in [4.69, 9.17) is 4.74 Å². The number of para-hydroxylation sites is 1. The lowest BCUT2D eigenvalue weighted by atomic mass is 10.0. The second-order valence-electron chi connectivity index (χ2n) is 5.47. The number of hydrogen-bond acceptors (Lipinski definition) is 2. The minimum Gasteiger partial charge on any atom is -0.478 e. The molecule has 2 rings (SSSR count). The van der Waals surface area contributed by atoms with Gasteiger partial charge in [0.25, 0.3) is 0 Å². The van der Waals surface area contributed by atoms with Gasteiger partial charge in [0.1, 0.15) is 5.75 Å². The van der Waals surface area contributed by atoms with E-state index in [1.165, 1.54) is 0 Å². The SMILES string of the molecule is CC(C)c1ccccc1O[C@@H](Cc1cccc(Br)c1)C(=O)O. The lowest BCUT2D eigenvalue weighted by Crippen LogP contribution is -2.29. The molecule has 0 spiro atoms. The summed E-state index contributed by atoms with van der Waals surface area (Å²) in [5.74, 6) is -0.0463. The van der Waals surface area contributed by atoms with Crippen LogP contribution in [0.25, 0.3) is 0 Å². The zero-order valence-corrected chi connectivity index (χ0v) is 14.2. The van der Waals surface area contributed by atoms with E-state index < -0.39 is 12.1 Å². The topological polar surface area (TPSA) is 46.5 Å². The first kappa shape index (κ1) is 16.6. The van der Waals surface area contributed by atoms with Gasteiger partial charge in [-0.05, 0) is 35.2 Å². The van der Waals surface area contributed by atoms with Crippen LogP contribution in [0.5, 0.6) is 5.75 Å². The molecule has 0 aromatic heterocycles. The van der Waals surface area contributed by atoms with Crippen LogP contribution in [0.1, 0.15) is 30.9 Å². The summed E-state index contributed by atoms with van der Waals surface area (Å²) in [6.07, 6.45) is -0.588. The van der Waals surface area contributed by atoms with Gasteiger partial charge in [-0.15, -0.1) is 0 Å². The maximum atomic E-state index is 11.5. The molecule has 0 aliphatic heterocycles. The molecule has 2 aromatic carbocycles. The van der Waals surface area contributed by atoms with Crippen LogP contribution >= 0.6 is 15.9 Å². The third-order valence-corrected chi connectivity index (χ3v) is 3.89. The number of carboxylic acid groups (broad SMARTS) is 1. The van der Waals surface area contributed by atoms with Gasteiger partial charge >= 0.3 is 5.97 Å². The minimum absolute atomic E-state index is 0.275. The largest absolute Gasteiger partial charge is 0.478 e. The Labute approximate surface area is 139 Å². The molecule has 0 fully saturated rings.